The maximum atomic E-state index is 12.1. The number of nitrogens with two attached hydrogens (primary N) is 1. The number of benzene rings is 3. The highest BCUT2D eigenvalue weighted by atomic mass is 16.6. The van der Waals surface area contributed by atoms with E-state index in [4.69, 9.17) is 10.6 Å². The van der Waals surface area contributed by atoms with Gasteiger partial charge in [-0.25, -0.2) is 0 Å². The molecule has 0 aliphatic heterocycles. The molecule has 142 valence electrons. The molecule has 5 nitrogen and oxygen atoms in total. The Kier molecular flexibility index (Phi) is 6.41. The molecule has 0 aliphatic carbocycles. The molecule has 0 spiro atoms. The first-order valence-electron chi connectivity index (χ1n) is 9.05. The van der Waals surface area contributed by atoms with E-state index in [1.165, 1.54) is 0 Å². The van der Waals surface area contributed by atoms with Gasteiger partial charge in [0, 0.05) is 5.69 Å². The number of carbonyl (C=O) groups excluding carboxylic acids is 1. The number of anilines is 1. The normalized spacial score (nSPS) is 11.3. The molecule has 3 aromatic carbocycles. The van der Waals surface area contributed by atoms with Gasteiger partial charge in [-0.3, -0.25) is 4.79 Å². The number of carbonyl (C=O) groups is 1. The van der Waals surface area contributed by atoms with Gasteiger partial charge in [0.15, 0.2) is 12.4 Å². The number of nitrogens with one attached hydrogen (secondary N) is 1. The van der Waals surface area contributed by atoms with Crippen LogP contribution in [0.5, 0.6) is 0 Å². The summed E-state index contributed by atoms with van der Waals surface area (Å²) >= 11 is 0. The zero-order valence-electron chi connectivity index (χ0n) is 15.7. The number of amides is 1. The highest BCUT2D eigenvalue weighted by molar-refractivity contribution is 5.92. The quantitative estimate of drug-likeness (QED) is 0.373. The van der Waals surface area contributed by atoms with Crippen LogP contribution in [0.3, 0.4) is 0 Å². The second kappa shape index (κ2) is 9.37. The molecule has 0 atom stereocenters. The molecule has 0 radical (unpaired) electrons. The van der Waals surface area contributed by atoms with E-state index in [1.807, 2.05) is 91.9 Å². The van der Waals surface area contributed by atoms with Gasteiger partial charge in [-0.05, 0) is 35.7 Å². The Morgan fingerprint density at radius 2 is 1.57 bits per heavy atom. The molecule has 5 heteroatoms. The summed E-state index contributed by atoms with van der Waals surface area (Å²) in [7, 11) is 0. The third kappa shape index (κ3) is 5.20. The lowest BCUT2D eigenvalue weighted by Crippen LogP contribution is -2.24. The topological polar surface area (TPSA) is 76.7 Å². The highest BCUT2D eigenvalue weighted by Gasteiger charge is 2.19. The molecular weight excluding hydrogens is 350 g/mol. The first-order chi connectivity index (χ1) is 13.6. The second-order valence-electron chi connectivity index (χ2n) is 6.46. The van der Waals surface area contributed by atoms with E-state index in [1.54, 1.807) is 0 Å². The molecule has 0 aliphatic rings. The molecule has 0 aromatic heterocycles. The van der Waals surface area contributed by atoms with Gasteiger partial charge in [0.05, 0.1) is 5.92 Å². The van der Waals surface area contributed by atoms with Crippen molar-refractivity contribution in [1.29, 1.82) is 0 Å². The third-order valence-electron chi connectivity index (χ3n) is 4.23. The Labute approximate surface area is 164 Å². The summed E-state index contributed by atoms with van der Waals surface area (Å²) in [6.07, 6.45) is 0. The van der Waals surface area contributed by atoms with Crippen molar-refractivity contribution in [3.8, 4) is 0 Å². The molecule has 0 saturated heterocycles. The average Bonchev–Trinajstić information content (AvgIpc) is 2.70. The number of aryl methyl sites for hydroxylation is 1. The van der Waals surface area contributed by atoms with Crippen molar-refractivity contribution in [3.05, 3.63) is 102 Å². The minimum absolute atomic E-state index is 0.217. The lowest BCUT2D eigenvalue weighted by molar-refractivity contribution is -0.120. The molecule has 1 amide bonds. The number of rotatable bonds is 7. The SMILES string of the molecule is Cc1cccc(NC(=O)CO/N=C(/N)C(c2ccccc2)c2ccccc2)c1. The predicted octanol–water partition coefficient (Wildman–Crippen LogP) is 4.05. The van der Waals surface area contributed by atoms with Crippen LogP contribution >= 0.6 is 0 Å². The number of hydrogen-bond acceptors (Lipinski definition) is 3. The second-order valence-corrected chi connectivity index (χ2v) is 6.46. The van der Waals surface area contributed by atoms with Gasteiger partial charge < -0.3 is 15.9 Å². The standard InChI is InChI=1S/C23H23N3O2/c1-17-9-8-14-20(15-17)25-21(27)16-28-26-23(24)22(18-10-4-2-5-11-18)19-12-6-3-7-13-19/h2-15,22H,16H2,1H3,(H2,24,26)(H,25,27). The Morgan fingerprint density at radius 1 is 0.964 bits per heavy atom. The van der Waals surface area contributed by atoms with E-state index in [9.17, 15) is 4.79 Å². The largest absolute Gasteiger partial charge is 0.384 e. The average molecular weight is 373 g/mol. The minimum Gasteiger partial charge on any atom is -0.384 e. The zero-order valence-corrected chi connectivity index (χ0v) is 15.7. The maximum absolute atomic E-state index is 12.1. The number of oxime groups is 1. The molecule has 3 aromatic rings. The van der Waals surface area contributed by atoms with Crippen LogP contribution in [0.15, 0.2) is 90.1 Å². The zero-order chi connectivity index (χ0) is 19.8. The summed E-state index contributed by atoms with van der Waals surface area (Å²) in [5.41, 5.74) is 10.0. The van der Waals surface area contributed by atoms with E-state index >= 15 is 0 Å². The van der Waals surface area contributed by atoms with Crippen LogP contribution in [0.25, 0.3) is 0 Å². The maximum Gasteiger partial charge on any atom is 0.265 e. The van der Waals surface area contributed by atoms with Crippen molar-refractivity contribution in [2.45, 2.75) is 12.8 Å². The van der Waals surface area contributed by atoms with Crippen molar-refractivity contribution >= 4 is 17.4 Å². The molecule has 0 unspecified atom stereocenters. The van der Waals surface area contributed by atoms with Gasteiger partial charge in [-0.2, -0.15) is 0 Å². The van der Waals surface area contributed by atoms with Crippen LogP contribution in [0.4, 0.5) is 5.69 Å². The van der Waals surface area contributed by atoms with Gasteiger partial charge in [-0.15, -0.1) is 0 Å². The smallest absolute Gasteiger partial charge is 0.265 e. The summed E-state index contributed by atoms with van der Waals surface area (Å²) in [6.45, 7) is 1.75. The monoisotopic (exact) mass is 373 g/mol. The molecule has 0 saturated carbocycles. The van der Waals surface area contributed by atoms with Gasteiger partial charge >= 0.3 is 0 Å². The number of nitrogens with zero attached hydrogens (tertiary/aromatic N) is 1. The molecule has 3 rings (SSSR count). The van der Waals surface area contributed by atoms with Gasteiger partial charge in [0.1, 0.15) is 0 Å². The van der Waals surface area contributed by atoms with E-state index in [-0.39, 0.29) is 18.4 Å². The van der Waals surface area contributed by atoms with Crippen LogP contribution in [-0.2, 0) is 9.63 Å². The third-order valence-corrected chi connectivity index (χ3v) is 4.23. The molecule has 3 N–H and O–H groups in total. The Morgan fingerprint density at radius 3 is 2.14 bits per heavy atom. The summed E-state index contributed by atoms with van der Waals surface area (Å²) in [5, 5.41) is 6.79. The lowest BCUT2D eigenvalue weighted by Gasteiger charge is -2.17. The number of hydrogen-bond donors (Lipinski definition) is 2. The molecule has 28 heavy (non-hydrogen) atoms. The van der Waals surface area contributed by atoms with Gasteiger partial charge in [0.2, 0.25) is 0 Å². The van der Waals surface area contributed by atoms with Crippen LogP contribution in [0, 0.1) is 6.92 Å². The van der Waals surface area contributed by atoms with E-state index in [0.717, 1.165) is 22.4 Å². The summed E-state index contributed by atoms with van der Waals surface area (Å²) in [6, 6.07) is 27.2. The molecule has 0 heterocycles. The van der Waals surface area contributed by atoms with E-state index in [0.29, 0.717) is 5.84 Å². The van der Waals surface area contributed by atoms with Crippen molar-refractivity contribution in [2.75, 3.05) is 11.9 Å². The minimum atomic E-state index is -0.293. The van der Waals surface area contributed by atoms with Crippen molar-refractivity contribution in [1.82, 2.24) is 0 Å². The van der Waals surface area contributed by atoms with E-state index in [2.05, 4.69) is 10.5 Å². The Bertz CT molecular complexity index is 901. The summed E-state index contributed by atoms with van der Waals surface area (Å²) in [5.74, 6) is -0.249. The fourth-order valence-corrected chi connectivity index (χ4v) is 2.96. The fourth-order valence-electron chi connectivity index (χ4n) is 2.96. The fraction of sp³-hybridized carbons (Fsp3) is 0.130. The molecule has 0 bridgehead atoms. The van der Waals surface area contributed by atoms with Crippen molar-refractivity contribution in [3.63, 3.8) is 0 Å². The lowest BCUT2D eigenvalue weighted by atomic mass is 9.90. The van der Waals surface area contributed by atoms with Crippen LogP contribution in [0.1, 0.15) is 22.6 Å². The molecular formula is C23H23N3O2. The Balaban J connectivity index is 1.68. The first-order valence-corrected chi connectivity index (χ1v) is 9.05. The first kappa shape index (κ1) is 19.2. The molecule has 0 fully saturated rings. The van der Waals surface area contributed by atoms with Crippen LogP contribution in [0.2, 0.25) is 0 Å². The van der Waals surface area contributed by atoms with Crippen LogP contribution in [-0.4, -0.2) is 18.3 Å². The highest BCUT2D eigenvalue weighted by Crippen LogP contribution is 2.24. The van der Waals surface area contributed by atoms with E-state index < -0.39 is 0 Å². The Hall–Kier alpha value is -3.60. The number of amidine groups is 1. The predicted molar refractivity (Wildman–Crippen MR) is 112 cm³/mol. The van der Waals surface area contributed by atoms with Crippen molar-refractivity contribution < 1.29 is 9.63 Å². The summed E-state index contributed by atoms with van der Waals surface area (Å²) in [4.78, 5) is 17.3. The summed E-state index contributed by atoms with van der Waals surface area (Å²) < 4.78 is 0. The van der Waals surface area contributed by atoms with Crippen molar-refractivity contribution in [2.24, 2.45) is 10.9 Å². The van der Waals surface area contributed by atoms with Gasteiger partial charge in [-0.1, -0.05) is 78.0 Å². The van der Waals surface area contributed by atoms with Gasteiger partial charge in [0.25, 0.3) is 5.91 Å². The van der Waals surface area contributed by atoms with Crippen LogP contribution < -0.4 is 11.1 Å².